The van der Waals surface area contributed by atoms with Gasteiger partial charge in [0.2, 0.25) is 0 Å². The third-order valence-electron chi connectivity index (χ3n) is 3.82. The molecule has 3 heterocycles. The molecule has 0 atom stereocenters. The Labute approximate surface area is 173 Å². The zero-order valence-electron chi connectivity index (χ0n) is 14.3. The van der Waals surface area contributed by atoms with Gasteiger partial charge < -0.3 is 0 Å². The summed E-state index contributed by atoms with van der Waals surface area (Å²) in [6.07, 6.45) is 0. The van der Waals surface area contributed by atoms with Crippen molar-refractivity contribution in [3.63, 3.8) is 0 Å². The van der Waals surface area contributed by atoms with Crippen LogP contribution in [0.5, 0.6) is 0 Å². The van der Waals surface area contributed by atoms with Crippen molar-refractivity contribution in [1.82, 2.24) is 14.8 Å². The van der Waals surface area contributed by atoms with Crippen LogP contribution in [-0.4, -0.2) is 20.7 Å². The number of aromatic nitrogens is 3. The highest BCUT2D eigenvalue weighted by atomic mass is 35.5. The number of hydrogen-bond acceptors (Lipinski definition) is 6. The zero-order valence-corrected chi connectivity index (χ0v) is 16.7. The Morgan fingerprint density at radius 1 is 1.11 bits per heavy atom. The van der Waals surface area contributed by atoms with Gasteiger partial charge in [-0.1, -0.05) is 41.9 Å². The minimum atomic E-state index is -0.424. The van der Waals surface area contributed by atoms with E-state index in [1.807, 2.05) is 41.8 Å². The molecule has 4 rings (SSSR count). The molecular weight excluding hydrogens is 416 g/mol. The summed E-state index contributed by atoms with van der Waals surface area (Å²) in [4.78, 5) is 29.9. The van der Waals surface area contributed by atoms with E-state index in [4.69, 9.17) is 11.6 Å². The molecule has 28 heavy (non-hydrogen) atoms. The van der Waals surface area contributed by atoms with Crippen LogP contribution in [0.2, 0.25) is 4.34 Å². The van der Waals surface area contributed by atoms with E-state index in [2.05, 4.69) is 15.4 Å². The minimum Gasteiger partial charge on any atom is -0.296 e. The molecule has 0 saturated heterocycles. The van der Waals surface area contributed by atoms with Gasteiger partial charge in [-0.05, 0) is 23.8 Å². The van der Waals surface area contributed by atoms with Crippen molar-refractivity contribution in [3.05, 3.63) is 85.9 Å². The highest BCUT2D eigenvalue weighted by molar-refractivity contribution is 7.20. The van der Waals surface area contributed by atoms with Crippen molar-refractivity contribution in [2.24, 2.45) is 0 Å². The van der Waals surface area contributed by atoms with Crippen molar-refractivity contribution in [2.75, 3.05) is 5.32 Å². The average Bonchev–Trinajstić information content (AvgIpc) is 3.33. The number of halogens is 1. The number of benzene rings is 1. The Kier molecular flexibility index (Phi) is 5.34. The molecule has 0 bridgehead atoms. The lowest BCUT2D eigenvalue weighted by Gasteiger charge is -2.07. The van der Waals surface area contributed by atoms with E-state index in [-0.39, 0.29) is 11.3 Å². The molecule has 0 radical (unpaired) electrons. The third kappa shape index (κ3) is 4.19. The number of rotatable bonds is 5. The Morgan fingerprint density at radius 3 is 2.68 bits per heavy atom. The van der Waals surface area contributed by atoms with Gasteiger partial charge >= 0.3 is 0 Å². The van der Waals surface area contributed by atoms with Crippen molar-refractivity contribution in [3.8, 4) is 10.6 Å². The second-order valence-electron chi connectivity index (χ2n) is 5.80. The average molecular weight is 429 g/mol. The molecule has 0 spiro atoms. The Bertz CT molecular complexity index is 1180. The first-order valence-electron chi connectivity index (χ1n) is 8.23. The van der Waals surface area contributed by atoms with E-state index in [1.165, 1.54) is 39.5 Å². The first-order chi connectivity index (χ1) is 13.6. The monoisotopic (exact) mass is 428 g/mol. The molecule has 0 aliphatic heterocycles. The molecule has 1 N–H and O–H groups in total. The van der Waals surface area contributed by atoms with Crippen LogP contribution in [0.25, 0.3) is 10.6 Å². The predicted octanol–water partition coefficient (Wildman–Crippen LogP) is 4.38. The number of hydrogen-bond donors (Lipinski definition) is 1. The van der Waals surface area contributed by atoms with Crippen molar-refractivity contribution in [1.29, 1.82) is 0 Å². The van der Waals surface area contributed by atoms with Crippen molar-refractivity contribution in [2.45, 2.75) is 6.54 Å². The van der Waals surface area contributed by atoms with Gasteiger partial charge in [-0.3, -0.25) is 14.9 Å². The van der Waals surface area contributed by atoms with E-state index in [0.29, 0.717) is 16.0 Å². The summed E-state index contributed by atoms with van der Waals surface area (Å²) in [5, 5.41) is 9.21. The molecule has 0 unspecified atom stereocenters. The Hall–Kier alpha value is -2.81. The lowest BCUT2D eigenvalue weighted by Crippen LogP contribution is -2.26. The third-order valence-corrected chi connectivity index (χ3v) is 5.84. The number of carbonyl (C=O) groups excluding carboxylic acids is 1. The van der Waals surface area contributed by atoms with Crippen LogP contribution in [-0.2, 0) is 6.54 Å². The summed E-state index contributed by atoms with van der Waals surface area (Å²) in [6.45, 7) is 0.293. The zero-order chi connectivity index (χ0) is 19.5. The number of nitrogens with zero attached hydrogens (tertiary/aromatic N) is 3. The van der Waals surface area contributed by atoms with Crippen LogP contribution >= 0.6 is 34.3 Å². The normalized spacial score (nSPS) is 10.8. The minimum absolute atomic E-state index is 0.145. The van der Waals surface area contributed by atoms with Crippen LogP contribution in [0.4, 0.5) is 5.13 Å². The topological polar surface area (TPSA) is 76.9 Å². The molecule has 9 heteroatoms. The van der Waals surface area contributed by atoms with Gasteiger partial charge in [0.1, 0.15) is 5.69 Å². The highest BCUT2D eigenvalue weighted by Gasteiger charge is 2.13. The van der Waals surface area contributed by atoms with E-state index in [0.717, 1.165) is 16.1 Å². The lowest BCUT2D eigenvalue weighted by atomic mass is 10.2. The summed E-state index contributed by atoms with van der Waals surface area (Å²) in [5.74, 6) is -0.424. The number of amides is 1. The van der Waals surface area contributed by atoms with Gasteiger partial charge in [-0.15, -0.1) is 22.7 Å². The molecule has 140 valence electrons. The lowest BCUT2D eigenvalue weighted by molar-refractivity contribution is 0.102. The second kappa shape index (κ2) is 8.05. The van der Waals surface area contributed by atoms with Gasteiger partial charge in [0.25, 0.3) is 11.5 Å². The van der Waals surface area contributed by atoms with Gasteiger partial charge in [0.05, 0.1) is 21.5 Å². The van der Waals surface area contributed by atoms with Gasteiger partial charge in [-0.25, -0.2) is 9.67 Å². The van der Waals surface area contributed by atoms with E-state index in [9.17, 15) is 9.59 Å². The van der Waals surface area contributed by atoms with Crippen LogP contribution in [0.3, 0.4) is 0 Å². The number of thiazole rings is 1. The van der Waals surface area contributed by atoms with Crippen LogP contribution in [0.1, 0.15) is 16.1 Å². The maximum Gasteiger partial charge on any atom is 0.277 e. The summed E-state index contributed by atoms with van der Waals surface area (Å²) >= 11 is 8.69. The quantitative estimate of drug-likeness (QED) is 0.511. The Balaban J connectivity index is 1.51. The van der Waals surface area contributed by atoms with E-state index in [1.54, 1.807) is 6.07 Å². The second-order valence-corrected chi connectivity index (χ2v) is 8.37. The number of anilines is 1. The van der Waals surface area contributed by atoms with E-state index < -0.39 is 5.91 Å². The first kappa shape index (κ1) is 18.5. The number of nitrogens with one attached hydrogen (secondary N) is 1. The van der Waals surface area contributed by atoms with Gasteiger partial charge in [0, 0.05) is 11.4 Å². The van der Waals surface area contributed by atoms with Gasteiger partial charge in [-0.2, -0.15) is 5.10 Å². The summed E-state index contributed by atoms with van der Waals surface area (Å²) in [6, 6.07) is 15.9. The summed E-state index contributed by atoms with van der Waals surface area (Å²) in [7, 11) is 0. The molecular formula is C19H13ClN4O2S2. The summed E-state index contributed by atoms with van der Waals surface area (Å²) < 4.78 is 1.95. The molecule has 3 aromatic heterocycles. The fraction of sp³-hybridized carbons (Fsp3) is 0.0526. The molecule has 0 aliphatic rings. The number of thiophene rings is 1. The summed E-state index contributed by atoms with van der Waals surface area (Å²) in [5.41, 5.74) is 1.55. The van der Waals surface area contributed by atoms with Crippen LogP contribution < -0.4 is 10.9 Å². The molecule has 6 nitrogen and oxygen atoms in total. The highest BCUT2D eigenvalue weighted by Crippen LogP contribution is 2.32. The SMILES string of the molecule is O=C(Nc1nc(-c2ccc(Cl)s2)cs1)c1ccc(=O)n(Cc2ccccc2)n1. The molecule has 1 aromatic carbocycles. The molecule has 0 aliphatic carbocycles. The molecule has 1 amide bonds. The Morgan fingerprint density at radius 2 is 1.93 bits per heavy atom. The maximum absolute atomic E-state index is 12.5. The fourth-order valence-electron chi connectivity index (χ4n) is 2.50. The molecule has 0 saturated carbocycles. The van der Waals surface area contributed by atoms with E-state index >= 15 is 0 Å². The van der Waals surface area contributed by atoms with Crippen LogP contribution in [0, 0.1) is 0 Å². The van der Waals surface area contributed by atoms with Gasteiger partial charge in [0.15, 0.2) is 5.13 Å². The van der Waals surface area contributed by atoms with Crippen LogP contribution in [0.15, 0.2) is 64.8 Å². The predicted molar refractivity (Wildman–Crippen MR) is 112 cm³/mol. The standard InChI is InChI=1S/C19H13ClN4O2S2/c20-16-8-7-15(28-16)14-11-27-19(21-14)22-18(26)13-6-9-17(25)24(23-13)10-12-4-2-1-3-5-12/h1-9,11H,10H2,(H,21,22,26). The first-order valence-corrected chi connectivity index (χ1v) is 10.3. The van der Waals surface area contributed by atoms with Crippen molar-refractivity contribution >= 4 is 45.3 Å². The smallest absolute Gasteiger partial charge is 0.277 e. The van der Waals surface area contributed by atoms with Crippen molar-refractivity contribution < 1.29 is 4.79 Å². The largest absolute Gasteiger partial charge is 0.296 e. The molecule has 4 aromatic rings. The maximum atomic E-state index is 12.5. The molecule has 0 fully saturated rings. The number of carbonyl (C=O) groups is 1. The fourth-order valence-corrected chi connectivity index (χ4v) is 4.28.